The van der Waals surface area contributed by atoms with E-state index in [0.717, 1.165) is 37.7 Å². The van der Waals surface area contributed by atoms with Crippen molar-refractivity contribution in [3.05, 3.63) is 30.3 Å². The van der Waals surface area contributed by atoms with Crippen molar-refractivity contribution < 1.29 is 14.6 Å². The van der Waals surface area contributed by atoms with Gasteiger partial charge < -0.3 is 25.0 Å². The zero-order valence-electron chi connectivity index (χ0n) is 18.8. The number of likely N-dealkylation sites (tertiary alicyclic amines) is 1. The van der Waals surface area contributed by atoms with E-state index in [2.05, 4.69) is 25.3 Å². The Morgan fingerprint density at radius 3 is 2.66 bits per heavy atom. The minimum atomic E-state index is -0.465. The number of amides is 1. The third kappa shape index (κ3) is 3.92. The molecular formula is C23H30N6O3. The predicted molar refractivity (Wildman–Crippen MR) is 122 cm³/mol. The summed E-state index contributed by atoms with van der Waals surface area (Å²) in [7, 11) is 0. The van der Waals surface area contributed by atoms with Gasteiger partial charge in [0.25, 0.3) is 0 Å². The topological polar surface area (TPSA) is 94.1 Å². The average Bonchev–Trinajstić information content (AvgIpc) is 2.71. The van der Waals surface area contributed by atoms with Crippen LogP contribution in [0.4, 0.5) is 16.3 Å². The van der Waals surface area contributed by atoms with Crippen LogP contribution in [0.2, 0.25) is 0 Å². The maximum atomic E-state index is 12.2. The first kappa shape index (κ1) is 20.8. The average molecular weight is 439 g/mol. The number of aromatic nitrogens is 2. The Balaban J connectivity index is 1.25. The lowest BCUT2D eigenvalue weighted by Gasteiger charge is -2.52. The third-order valence-corrected chi connectivity index (χ3v) is 6.31. The Morgan fingerprint density at radius 1 is 1.12 bits per heavy atom. The number of rotatable bonds is 2. The number of piperazine rings is 1. The van der Waals surface area contributed by atoms with E-state index < -0.39 is 5.60 Å². The van der Waals surface area contributed by atoms with Crippen molar-refractivity contribution in [2.45, 2.75) is 38.5 Å². The van der Waals surface area contributed by atoms with Crippen LogP contribution in [0.25, 0.3) is 11.3 Å². The van der Waals surface area contributed by atoms with Crippen LogP contribution in [-0.4, -0.2) is 88.2 Å². The van der Waals surface area contributed by atoms with Crippen molar-refractivity contribution in [2.24, 2.45) is 0 Å². The molecule has 0 unspecified atom stereocenters. The summed E-state index contributed by atoms with van der Waals surface area (Å²) >= 11 is 0. The number of nitrogens with one attached hydrogen (secondary N) is 1. The Kier molecular flexibility index (Phi) is 5.08. The third-order valence-electron chi connectivity index (χ3n) is 6.31. The molecule has 0 spiro atoms. The van der Waals surface area contributed by atoms with Gasteiger partial charge in [-0.3, -0.25) is 4.90 Å². The molecule has 2 aromatic rings. The molecule has 1 amide bonds. The second-order valence-electron chi connectivity index (χ2n) is 9.74. The van der Waals surface area contributed by atoms with Crippen molar-refractivity contribution in [1.29, 1.82) is 0 Å². The minimum absolute atomic E-state index is 0.200. The summed E-state index contributed by atoms with van der Waals surface area (Å²) < 4.78 is 5.48. The summed E-state index contributed by atoms with van der Waals surface area (Å²) in [6.45, 7) is 10.6. The molecule has 2 fully saturated rings. The van der Waals surface area contributed by atoms with Gasteiger partial charge in [0.15, 0.2) is 5.82 Å². The Hall–Kier alpha value is -3.07. The molecule has 0 aliphatic carbocycles. The van der Waals surface area contributed by atoms with Crippen molar-refractivity contribution in [1.82, 2.24) is 20.0 Å². The number of hydrogen-bond donors (Lipinski definition) is 2. The van der Waals surface area contributed by atoms with Gasteiger partial charge in [-0.2, -0.15) is 0 Å². The van der Waals surface area contributed by atoms with E-state index in [1.807, 2.05) is 39.0 Å². The molecule has 1 aromatic carbocycles. The van der Waals surface area contributed by atoms with Crippen LogP contribution in [0.15, 0.2) is 30.3 Å². The molecule has 9 nitrogen and oxygen atoms in total. The zero-order valence-corrected chi connectivity index (χ0v) is 18.8. The van der Waals surface area contributed by atoms with Gasteiger partial charge in [0.2, 0.25) is 0 Å². The van der Waals surface area contributed by atoms with Crippen LogP contribution in [0.3, 0.4) is 0 Å². The highest BCUT2D eigenvalue weighted by molar-refractivity contribution is 5.76. The molecule has 1 atom stereocenters. The molecule has 3 aliphatic heterocycles. The molecule has 5 rings (SSSR count). The van der Waals surface area contributed by atoms with E-state index in [4.69, 9.17) is 4.74 Å². The number of nitrogens with zero attached hydrogens (tertiary/aromatic N) is 5. The number of para-hydroxylation sites is 1. The number of benzene rings is 1. The maximum Gasteiger partial charge on any atom is 0.410 e. The first-order valence-corrected chi connectivity index (χ1v) is 11.2. The van der Waals surface area contributed by atoms with Crippen molar-refractivity contribution in [2.75, 3.05) is 49.5 Å². The summed E-state index contributed by atoms with van der Waals surface area (Å²) in [5.74, 6) is 0.986. The molecule has 1 aromatic heterocycles. The van der Waals surface area contributed by atoms with Crippen molar-refractivity contribution in [3.8, 4) is 17.0 Å². The number of carbonyl (C=O) groups is 1. The van der Waals surface area contributed by atoms with Gasteiger partial charge in [-0.05, 0) is 39.0 Å². The van der Waals surface area contributed by atoms with E-state index in [1.54, 1.807) is 17.0 Å². The van der Waals surface area contributed by atoms with Gasteiger partial charge in [-0.25, -0.2) is 4.79 Å². The van der Waals surface area contributed by atoms with Crippen LogP contribution in [0.5, 0.6) is 5.75 Å². The lowest BCUT2D eigenvalue weighted by molar-refractivity contribution is -0.0184. The first-order chi connectivity index (χ1) is 15.3. The number of carbonyl (C=O) groups excluding carboxylic acids is 1. The van der Waals surface area contributed by atoms with Crippen LogP contribution in [-0.2, 0) is 4.74 Å². The van der Waals surface area contributed by atoms with Crippen LogP contribution in [0, 0.1) is 0 Å². The molecule has 2 N–H and O–H groups in total. The van der Waals surface area contributed by atoms with Gasteiger partial charge >= 0.3 is 6.09 Å². The fraction of sp³-hybridized carbons (Fsp3) is 0.522. The Bertz CT molecular complexity index is 1020. The highest BCUT2D eigenvalue weighted by Gasteiger charge is 2.41. The smallest absolute Gasteiger partial charge is 0.410 e. The standard InChI is InChI=1S/C23H30N6O3/c1-23(2,3)32-22(31)28-13-16(14-28)27-8-9-29-15(12-27)11-24-21-19(29)10-18(25-26-21)17-6-4-5-7-20(17)30/h4-7,10,15-16,30H,8-9,11-14H2,1-3H3,(H,24,26)/t15-/m0/s1. The van der Waals surface area contributed by atoms with E-state index in [9.17, 15) is 9.90 Å². The molecule has 3 aliphatic rings. The van der Waals surface area contributed by atoms with Crippen molar-refractivity contribution >= 4 is 17.6 Å². The number of phenols is 1. The zero-order chi connectivity index (χ0) is 22.5. The van der Waals surface area contributed by atoms with E-state index >= 15 is 0 Å². The molecular weight excluding hydrogens is 408 g/mol. The first-order valence-electron chi connectivity index (χ1n) is 11.2. The van der Waals surface area contributed by atoms with E-state index in [1.165, 1.54) is 0 Å². The quantitative estimate of drug-likeness (QED) is 0.738. The molecule has 2 saturated heterocycles. The lowest BCUT2D eigenvalue weighted by atomic mass is 10.0. The number of ether oxygens (including phenoxy) is 1. The van der Waals surface area contributed by atoms with Crippen LogP contribution < -0.4 is 10.2 Å². The molecule has 0 saturated carbocycles. The molecule has 0 radical (unpaired) electrons. The normalized spacial score (nSPS) is 21.3. The van der Waals surface area contributed by atoms with Crippen LogP contribution in [0.1, 0.15) is 20.8 Å². The minimum Gasteiger partial charge on any atom is -0.507 e. The largest absolute Gasteiger partial charge is 0.507 e. The Morgan fingerprint density at radius 2 is 1.91 bits per heavy atom. The van der Waals surface area contributed by atoms with Gasteiger partial charge in [0.1, 0.15) is 11.4 Å². The summed E-state index contributed by atoms with van der Waals surface area (Å²) in [6, 6.07) is 9.90. The Labute approximate surface area is 188 Å². The van der Waals surface area contributed by atoms with Crippen molar-refractivity contribution in [3.63, 3.8) is 0 Å². The number of aromatic hydroxyl groups is 1. The number of hydrogen-bond acceptors (Lipinski definition) is 8. The number of fused-ring (bicyclic) bond motifs is 3. The second kappa shape index (κ2) is 7.81. The SMILES string of the molecule is CC(C)(C)OC(=O)N1CC(N2CCN3c4cc(-c5ccccc5O)nnc4NC[C@H]3C2)C1. The summed E-state index contributed by atoms with van der Waals surface area (Å²) in [5, 5.41) is 22.3. The lowest BCUT2D eigenvalue weighted by Crippen LogP contribution is -2.67. The maximum absolute atomic E-state index is 12.2. The fourth-order valence-electron chi connectivity index (χ4n) is 4.63. The van der Waals surface area contributed by atoms with E-state index in [-0.39, 0.29) is 11.8 Å². The monoisotopic (exact) mass is 438 g/mol. The number of phenolic OH excluding ortho intramolecular Hbond substituents is 1. The molecule has 32 heavy (non-hydrogen) atoms. The fourth-order valence-corrected chi connectivity index (χ4v) is 4.63. The molecule has 0 bridgehead atoms. The summed E-state index contributed by atoms with van der Waals surface area (Å²) in [6.07, 6.45) is -0.226. The van der Waals surface area contributed by atoms with Gasteiger partial charge in [-0.15, -0.1) is 10.2 Å². The van der Waals surface area contributed by atoms with Gasteiger partial charge in [0.05, 0.1) is 17.4 Å². The predicted octanol–water partition coefficient (Wildman–Crippen LogP) is 2.38. The highest BCUT2D eigenvalue weighted by Crippen LogP contribution is 2.36. The second-order valence-corrected chi connectivity index (χ2v) is 9.74. The van der Waals surface area contributed by atoms with Gasteiger partial charge in [0, 0.05) is 50.9 Å². The molecule has 9 heteroatoms. The summed E-state index contributed by atoms with van der Waals surface area (Å²) in [5.41, 5.74) is 1.91. The highest BCUT2D eigenvalue weighted by atomic mass is 16.6. The molecule has 4 heterocycles. The molecule has 170 valence electrons. The van der Waals surface area contributed by atoms with Gasteiger partial charge in [-0.1, -0.05) is 12.1 Å². The number of anilines is 2. The summed E-state index contributed by atoms with van der Waals surface area (Å²) in [4.78, 5) is 18.9. The van der Waals surface area contributed by atoms with E-state index in [0.29, 0.717) is 36.4 Å². The van der Waals surface area contributed by atoms with Crippen LogP contribution >= 0.6 is 0 Å².